The molecule has 1 saturated heterocycles. The number of hydrogen-bond donors (Lipinski definition) is 1. The second kappa shape index (κ2) is 6.19. The Morgan fingerprint density at radius 1 is 1.12 bits per heavy atom. The number of fused-ring (bicyclic) bond motifs is 1. The van der Waals surface area contributed by atoms with Crippen molar-refractivity contribution in [1.82, 2.24) is 10.2 Å². The van der Waals surface area contributed by atoms with Gasteiger partial charge >= 0.3 is 0 Å². The summed E-state index contributed by atoms with van der Waals surface area (Å²) in [4.78, 5) is 2.75. The minimum atomic E-state index is 0.653. The summed E-state index contributed by atoms with van der Waals surface area (Å²) in [6.45, 7) is 10.7. The molecule has 3 atom stereocenters. The number of nitrogens with zero attached hydrogens (tertiary/aromatic N) is 1. The van der Waals surface area contributed by atoms with Gasteiger partial charge in [0.05, 0.1) is 0 Å². The Bertz CT molecular complexity index is 227. The second-order valence-electron chi connectivity index (χ2n) is 6.42. The van der Waals surface area contributed by atoms with Gasteiger partial charge in [0.25, 0.3) is 0 Å². The van der Waals surface area contributed by atoms with E-state index in [1.807, 2.05) is 0 Å². The van der Waals surface area contributed by atoms with Gasteiger partial charge in [-0.2, -0.15) is 0 Å². The van der Waals surface area contributed by atoms with Gasteiger partial charge in [-0.3, -0.25) is 4.90 Å². The lowest BCUT2D eigenvalue weighted by Crippen LogP contribution is -2.41. The molecule has 2 rings (SSSR count). The first kappa shape index (κ1) is 13.4. The topological polar surface area (TPSA) is 15.3 Å². The van der Waals surface area contributed by atoms with Crippen molar-refractivity contribution >= 4 is 0 Å². The van der Waals surface area contributed by atoms with Crippen molar-refractivity contribution in [2.75, 3.05) is 19.6 Å². The van der Waals surface area contributed by atoms with E-state index in [4.69, 9.17) is 0 Å². The number of likely N-dealkylation sites (tertiary alicyclic amines) is 1. The first-order valence-electron chi connectivity index (χ1n) is 7.66. The van der Waals surface area contributed by atoms with Crippen molar-refractivity contribution in [3.63, 3.8) is 0 Å². The third kappa shape index (κ3) is 3.45. The molecule has 17 heavy (non-hydrogen) atoms. The lowest BCUT2D eigenvalue weighted by atomic mass is 9.85. The molecule has 0 radical (unpaired) electrons. The highest BCUT2D eigenvalue weighted by atomic mass is 15.2. The smallest absolute Gasteiger partial charge is 0.0124 e. The average molecular weight is 238 g/mol. The summed E-state index contributed by atoms with van der Waals surface area (Å²) in [5.74, 6) is 1.78. The molecular weight excluding hydrogens is 208 g/mol. The zero-order valence-corrected chi connectivity index (χ0v) is 11.9. The molecule has 1 saturated carbocycles. The maximum atomic E-state index is 3.66. The van der Waals surface area contributed by atoms with Crippen molar-refractivity contribution in [1.29, 1.82) is 0 Å². The Kier molecular flexibility index (Phi) is 4.87. The molecular formula is C15H30N2. The maximum Gasteiger partial charge on any atom is 0.0124 e. The van der Waals surface area contributed by atoms with Crippen LogP contribution in [-0.4, -0.2) is 36.6 Å². The van der Waals surface area contributed by atoms with E-state index in [9.17, 15) is 0 Å². The Hall–Kier alpha value is -0.0800. The van der Waals surface area contributed by atoms with Crippen LogP contribution in [0.3, 0.4) is 0 Å². The van der Waals surface area contributed by atoms with E-state index in [0.29, 0.717) is 6.04 Å². The molecule has 1 N–H and O–H groups in total. The minimum absolute atomic E-state index is 0.653. The molecule has 0 amide bonds. The molecule has 1 heterocycles. The lowest BCUT2D eigenvalue weighted by Gasteiger charge is -2.32. The summed E-state index contributed by atoms with van der Waals surface area (Å²) in [7, 11) is 0. The Morgan fingerprint density at radius 2 is 1.88 bits per heavy atom. The van der Waals surface area contributed by atoms with E-state index in [-0.39, 0.29) is 0 Å². The average Bonchev–Trinajstić information content (AvgIpc) is 2.72. The van der Waals surface area contributed by atoms with Gasteiger partial charge in [0.15, 0.2) is 0 Å². The zero-order chi connectivity index (χ0) is 12.3. The fourth-order valence-corrected chi connectivity index (χ4v) is 3.45. The van der Waals surface area contributed by atoms with Crippen molar-refractivity contribution in [3.05, 3.63) is 0 Å². The van der Waals surface area contributed by atoms with Gasteiger partial charge in [0, 0.05) is 25.2 Å². The van der Waals surface area contributed by atoms with Crippen molar-refractivity contribution < 1.29 is 0 Å². The van der Waals surface area contributed by atoms with E-state index in [0.717, 1.165) is 17.9 Å². The molecule has 0 aromatic rings. The van der Waals surface area contributed by atoms with Crippen LogP contribution in [0.1, 0.15) is 52.9 Å². The summed E-state index contributed by atoms with van der Waals surface area (Å²) in [6.07, 6.45) is 7.37. The molecule has 2 fully saturated rings. The molecule has 0 spiro atoms. The largest absolute Gasteiger partial charge is 0.313 e. The molecule has 3 unspecified atom stereocenters. The molecule has 2 heteroatoms. The molecule has 100 valence electrons. The Morgan fingerprint density at radius 3 is 2.65 bits per heavy atom. The van der Waals surface area contributed by atoms with E-state index in [2.05, 4.69) is 31.0 Å². The van der Waals surface area contributed by atoms with Crippen LogP contribution in [0.5, 0.6) is 0 Å². The molecule has 0 aromatic carbocycles. The van der Waals surface area contributed by atoms with E-state index >= 15 is 0 Å². The van der Waals surface area contributed by atoms with Crippen LogP contribution < -0.4 is 5.32 Å². The predicted octanol–water partition coefficient (Wildman–Crippen LogP) is 2.89. The normalized spacial score (nSPS) is 31.8. The summed E-state index contributed by atoms with van der Waals surface area (Å²) >= 11 is 0. The minimum Gasteiger partial charge on any atom is -0.313 e. The summed E-state index contributed by atoms with van der Waals surface area (Å²) in [5, 5.41) is 3.66. The monoisotopic (exact) mass is 238 g/mol. The molecule has 2 aliphatic rings. The van der Waals surface area contributed by atoms with Gasteiger partial charge in [-0.1, -0.05) is 26.7 Å². The zero-order valence-electron chi connectivity index (χ0n) is 11.9. The van der Waals surface area contributed by atoms with Crippen LogP contribution in [0, 0.1) is 11.8 Å². The SMILES string of the molecule is CC(C)C(C)NCCN1CCC2CCCCC21. The van der Waals surface area contributed by atoms with Crippen molar-refractivity contribution in [2.45, 2.75) is 65.0 Å². The highest BCUT2D eigenvalue weighted by Gasteiger charge is 2.34. The quantitative estimate of drug-likeness (QED) is 0.792. The highest BCUT2D eigenvalue weighted by molar-refractivity contribution is 4.89. The number of nitrogens with one attached hydrogen (secondary N) is 1. The van der Waals surface area contributed by atoms with Gasteiger partial charge in [0.2, 0.25) is 0 Å². The summed E-state index contributed by atoms with van der Waals surface area (Å²) in [6, 6.07) is 1.58. The van der Waals surface area contributed by atoms with Gasteiger partial charge in [0.1, 0.15) is 0 Å². The van der Waals surface area contributed by atoms with Crippen molar-refractivity contribution in [2.24, 2.45) is 11.8 Å². The first-order chi connectivity index (χ1) is 8.18. The fraction of sp³-hybridized carbons (Fsp3) is 1.00. The van der Waals surface area contributed by atoms with E-state index in [1.165, 1.54) is 51.7 Å². The molecule has 0 bridgehead atoms. The predicted molar refractivity (Wildman–Crippen MR) is 74.2 cm³/mol. The summed E-state index contributed by atoms with van der Waals surface area (Å²) in [5.41, 5.74) is 0. The van der Waals surface area contributed by atoms with Gasteiger partial charge in [-0.15, -0.1) is 0 Å². The Labute approximate surface area is 107 Å². The Balaban J connectivity index is 1.69. The third-order valence-corrected chi connectivity index (χ3v) is 4.99. The molecule has 1 aliphatic carbocycles. The van der Waals surface area contributed by atoms with Crippen LogP contribution in [-0.2, 0) is 0 Å². The van der Waals surface area contributed by atoms with Crippen LogP contribution in [0.15, 0.2) is 0 Å². The van der Waals surface area contributed by atoms with Gasteiger partial charge in [-0.05, 0) is 44.6 Å². The standard InChI is InChI=1S/C15H30N2/c1-12(2)13(3)16-9-11-17-10-8-14-6-4-5-7-15(14)17/h12-16H,4-11H2,1-3H3. The number of hydrogen-bond acceptors (Lipinski definition) is 2. The second-order valence-corrected chi connectivity index (χ2v) is 6.42. The third-order valence-electron chi connectivity index (χ3n) is 4.99. The van der Waals surface area contributed by atoms with E-state index in [1.54, 1.807) is 0 Å². The van der Waals surface area contributed by atoms with Crippen molar-refractivity contribution in [3.8, 4) is 0 Å². The molecule has 2 nitrogen and oxygen atoms in total. The summed E-state index contributed by atoms with van der Waals surface area (Å²) < 4.78 is 0. The molecule has 1 aliphatic heterocycles. The van der Waals surface area contributed by atoms with Gasteiger partial charge in [-0.25, -0.2) is 0 Å². The van der Waals surface area contributed by atoms with Crippen LogP contribution >= 0.6 is 0 Å². The molecule has 0 aromatic heterocycles. The van der Waals surface area contributed by atoms with Crippen LogP contribution in [0.4, 0.5) is 0 Å². The van der Waals surface area contributed by atoms with Crippen LogP contribution in [0.2, 0.25) is 0 Å². The fourth-order valence-electron chi connectivity index (χ4n) is 3.45. The maximum absolute atomic E-state index is 3.66. The van der Waals surface area contributed by atoms with Crippen LogP contribution in [0.25, 0.3) is 0 Å². The first-order valence-corrected chi connectivity index (χ1v) is 7.66. The van der Waals surface area contributed by atoms with Gasteiger partial charge < -0.3 is 5.32 Å². The highest BCUT2D eigenvalue weighted by Crippen LogP contribution is 2.35. The number of rotatable bonds is 5. The van der Waals surface area contributed by atoms with E-state index < -0.39 is 0 Å². The lowest BCUT2D eigenvalue weighted by molar-refractivity contribution is 0.180.